The van der Waals surface area contributed by atoms with Crippen LogP contribution in [0.3, 0.4) is 0 Å². The highest BCUT2D eigenvalue weighted by atomic mass is 16.4. The van der Waals surface area contributed by atoms with Crippen molar-refractivity contribution in [2.45, 2.75) is 58.3 Å². The predicted molar refractivity (Wildman–Crippen MR) is 113 cm³/mol. The van der Waals surface area contributed by atoms with Crippen molar-refractivity contribution in [2.24, 2.45) is 9.98 Å². The summed E-state index contributed by atoms with van der Waals surface area (Å²) in [5.74, 6) is -1.74. The van der Waals surface area contributed by atoms with Crippen LogP contribution < -0.4 is 0 Å². The summed E-state index contributed by atoms with van der Waals surface area (Å²) in [4.78, 5) is 46.7. The number of isocyanates is 2. The van der Waals surface area contributed by atoms with Gasteiger partial charge in [-0.15, -0.1) is 0 Å². The van der Waals surface area contributed by atoms with Crippen molar-refractivity contribution >= 4 is 35.5 Å². The van der Waals surface area contributed by atoms with Gasteiger partial charge in [-0.1, -0.05) is 18.9 Å². The van der Waals surface area contributed by atoms with E-state index in [9.17, 15) is 19.2 Å². The second-order valence-electron chi connectivity index (χ2n) is 6.18. The van der Waals surface area contributed by atoms with Crippen molar-refractivity contribution in [1.82, 2.24) is 0 Å². The fourth-order valence-corrected chi connectivity index (χ4v) is 2.08. The van der Waals surface area contributed by atoms with Crippen molar-refractivity contribution < 1.29 is 39.6 Å². The predicted octanol–water partition coefficient (Wildman–Crippen LogP) is 3.18. The molecule has 172 valence electrons. The molecule has 10 heteroatoms. The van der Waals surface area contributed by atoms with Crippen LogP contribution in [0.2, 0.25) is 0 Å². The molecule has 0 bridgehead atoms. The summed E-state index contributed by atoms with van der Waals surface area (Å²) in [6, 6.07) is 4.94. The summed E-state index contributed by atoms with van der Waals surface area (Å²) >= 11 is 0. The van der Waals surface area contributed by atoms with Crippen LogP contribution in [0.15, 0.2) is 28.2 Å². The number of carboxylic acid groups (broad SMARTS) is 2. The topological polar surface area (TPSA) is 174 Å². The number of carbonyl (C=O) groups excluding carboxylic acids is 2. The summed E-state index contributed by atoms with van der Waals surface area (Å²) in [7, 11) is 0. The van der Waals surface area contributed by atoms with Crippen molar-refractivity contribution in [2.75, 3.05) is 13.2 Å². The normalized spacial score (nSPS) is 9.00. The number of unbranched alkanes of at least 4 members (excludes halogenated alkanes) is 4. The quantitative estimate of drug-likeness (QED) is 0.219. The molecule has 0 atom stereocenters. The molecular weight excluding hydrogens is 408 g/mol. The lowest BCUT2D eigenvalue weighted by Crippen LogP contribution is -1.97. The molecular formula is C21H30N2O8. The third-order valence-corrected chi connectivity index (χ3v) is 3.71. The highest BCUT2D eigenvalue weighted by molar-refractivity contribution is 5.68. The number of hydrogen-bond acceptors (Lipinski definition) is 8. The van der Waals surface area contributed by atoms with Crippen LogP contribution in [-0.4, -0.2) is 57.7 Å². The fraction of sp³-hybridized carbons (Fsp3) is 0.524. The second-order valence-corrected chi connectivity index (χ2v) is 6.18. The van der Waals surface area contributed by atoms with Crippen LogP contribution in [0.5, 0.6) is 0 Å². The Kier molecular flexibility index (Phi) is 20.9. The number of nitrogens with zero attached hydrogens (tertiary/aromatic N) is 2. The average Bonchev–Trinajstić information content (AvgIpc) is 2.73. The van der Waals surface area contributed by atoms with Gasteiger partial charge in [-0.05, 0) is 44.7 Å². The van der Waals surface area contributed by atoms with E-state index >= 15 is 0 Å². The van der Waals surface area contributed by atoms with Crippen LogP contribution >= 0.6 is 0 Å². The van der Waals surface area contributed by atoms with E-state index in [1.165, 1.54) is 12.2 Å². The highest BCUT2D eigenvalue weighted by Crippen LogP contribution is 2.26. The van der Waals surface area contributed by atoms with Crippen molar-refractivity contribution in [1.29, 1.82) is 0 Å². The van der Waals surface area contributed by atoms with E-state index < -0.39 is 11.9 Å². The van der Waals surface area contributed by atoms with Gasteiger partial charge in [0.2, 0.25) is 12.2 Å². The molecule has 0 saturated heterocycles. The maximum Gasteiger partial charge on any atom is 0.303 e. The number of carboxylic acids is 2. The molecule has 0 amide bonds. The van der Waals surface area contributed by atoms with Gasteiger partial charge in [-0.25, -0.2) is 9.59 Å². The van der Waals surface area contributed by atoms with Gasteiger partial charge in [-0.3, -0.25) is 9.59 Å². The van der Waals surface area contributed by atoms with E-state index in [4.69, 9.17) is 20.4 Å². The SMILES string of the molecule is Cc1c(N=C=O)cccc1N=C=O.O=C(O)CCCCC(=O)O.OCCCCCCO. The third kappa shape index (κ3) is 19.9. The molecule has 10 nitrogen and oxygen atoms in total. The molecule has 1 aromatic carbocycles. The summed E-state index contributed by atoms with van der Waals surface area (Å²) in [5.41, 5.74) is 1.59. The Morgan fingerprint density at radius 3 is 1.45 bits per heavy atom. The minimum atomic E-state index is -0.870. The molecule has 0 saturated carbocycles. The number of benzene rings is 1. The summed E-state index contributed by atoms with van der Waals surface area (Å²) in [6.45, 7) is 2.28. The number of aliphatic imine (C=N–C) groups is 2. The minimum absolute atomic E-state index is 0.0628. The van der Waals surface area contributed by atoms with Crippen LogP contribution in [0, 0.1) is 6.92 Å². The molecule has 0 radical (unpaired) electrons. The van der Waals surface area contributed by atoms with Crippen LogP contribution in [0.4, 0.5) is 11.4 Å². The largest absolute Gasteiger partial charge is 0.481 e. The number of aliphatic carboxylic acids is 2. The Balaban J connectivity index is 0. The number of rotatable bonds is 12. The van der Waals surface area contributed by atoms with Crippen molar-refractivity contribution in [3.05, 3.63) is 23.8 Å². The van der Waals surface area contributed by atoms with Crippen molar-refractivity contribution in [3.63, 3.8) is 0 Å². The molecule has 1 aromatic rings. The van der Waals surface area contributed by atoms with Gasteiger partial charge in [0, 0.05) is 31.6 Å². The van der Waals surface area contributed by atoms with E-state index in [1.807, 2.05) is 0 Å². The first-order valence-electron chi connectivity index (χ1n) is 9.74. The Morgan fingerprint density at radius 2 is 1.16 bits per heavy atom. The molecule has 0 aliphatic carbocycles. The standard InChI is InChI=1S/C9H6N2O2.C6H10O4.C6H14O2/c1-7-8(10-5-12)3-2-4-9(7)11-6-13;7-5(8)3-1-2-4-6(9)10;7-5-3-1-2-4-6-8/h2-4H,1H3;1-4H2,(H,7,8)(H,9,10);7-8H,1-6H2. The molecule has 0 spiro atoms. The first kappa shape index (κ1) is 30.0. The van der Waals surface area contributed by atoms with E-state index in [1.54, 1.807) is 25.1 Å². The Bertz CT molecular complexity index is 681. The first-order chi connectivity index (χ1) is 14.8. The fourth-order valence-electron chi connectivity index (χ4n) is 2.08. The molecule has 0 aliphatic heterocycles. The van der Waals surface area contributed by atoms with Crippen LogP contribution in [-0.2, 0) is 19.2 Å². The molecule has 0 aromatic heterocycles. The lowest BCUT2D eigenvalue weighted by molar-refractivity contribution is -0.139. The zero-order valence-corrected chi connectivity index (χ0v) is 17.6. The third-order valence-electron chi connectivity index (χ3n) is 3.71. The van der Waals surface area contributed by atoms with E-state index in [2.05, 4.69) is 9.98 Å². The van der Waals surface area contributed by atoms with E-state index in [0.717, 1.165) is 25.7 Å². The second kappa shape index (κ2) is 21.5. The van der Waals surface area contributed by atoms with Gasteiger partial charge in [0.15, 0.2) is 0 Å². The maximum absolute atomic E-state index is 10.00. The van der Waals surface area contributed by atoms with Gasteiger partial charge in [0.1, 0.15) is 0 Å². The number of hydrogen-bond donors (Lipinski definition) is 4. The Hall–Kier alpha value is -3.16. The average molecular weight is 438 g/mol. The first-order valence-corrected chi connectivity index (χ1v) is 9.74. The number of aliphatic hydroxyl groups is 2. The van der Waals surface area contributed by atoms with Gasteiger partial charge < -0.3 is 20.4 Å². The molecule has 0 fully saturated rings. The smallest absolute Gasteiger partial charge is 0.303 e. The zero-order chi connectivity index (χ0) is 23.9. The van der Waals surface area contributed by atoms with E-state index in [-0.39, 0.29) is 26.1 Å². The van der Waals surface area contributed by atoms with Gasteiger partial charge in [0.25, 0.3) is 0 Å². The Labute approximate surface area is 181 Å². The Morgan fingerprint density at radius 1 is 0.774 bits per heavy atom. The molecule has 0 aliphatic rings. The minimum Gasteiger partial charge on any atom is -0.481 e. The van der Waals surface area contributed by atoms with Gasteiger partial charge in [0.05, 0.1) is 11.4 Å². The summed E-state index contributed by atoms with van der Waals surface area (Å²) in [6.07, 6.45) is 7.70. The van der Waals surface area contributed by atoms with Crippen LogP contribution in [0.25, 0.3) is 0 Å². The molecule has 1 rings (SSSR count). The number of carbonyl (C=O) groups is 2. The van der Waals surface area contributed by atoms with Gasteiger partial charge in [-0.2, -0.15) is 9.98 Å². The highest BCUT2D eigenvalue weighted by Gasteiger charge is 2.01. The lowest BCUT2D eigenvalue weighted by Gasteiger charge is -1.99. The summed E-state index contributed by atoms with van der Waals surface area (Å²) in [5, 5.41) is 32.9. The maximum atomic E-state index is 10.00. The van der Waals surface area contributed by atoms with Crippen molar-refractivity contribution in [3.8, 4) is 0 Å². The number of aliphatic hydroxyl groups excluding tert-OH is 2. The lowest BCUT2D eigenvalue weighted by atomic mass is 10.1. The molecule has 31 heavy (non-hydrogen) atoms. The molecule has 0 unspecified atom stereocenters. The van der Waals surface area contributed by atoms with E-state index in [0.29, 0.717) is 29.8 Å². The summed E-state index contributed by atoms with van der Waals surface area (Å²) < 4.78 is 0. The van der Waals surface area contributed by atoms with Crippen LogP contribution in [0.1, 0.15) is 56.9 Å². The molecule has 0 heterocycles. The van der Waals surface area contributed by atoms with Gasteiger partial charge >= 0.3 is 11.9 Å². The monoisotopic (exact) mass is 438 g/mol. The zero-order valence-electron chi connectivity index (χ0n) is 17.6. The molecule has 4 N–H and O–H groups in total.